The largest absolute Gasteiger partial charge is 0.505 e. The van der Waals surface area contributed by atoms with Gasteiger partial charge in [-0.2, -0.15) is 0 Å². The van der Waals surface area contributed by atoms with E-state index in [9.17, 15) is 13.6 Å². The molecule has 0 bridgehead atoms. The number of aromatic hydroxyl groups is 1. The zero-order valence-electron chi connectivity index (χ0n) is 6.67. The van der Waals surface area contributed by atoms with Gasteiger partial charge in [-0.3, -0.25) is 9.78 Å². The molecule has 0 saturated heterocycles. The number of aromatic nitrogens is 1. The van der Waals surface area contributed by atoms with E-state index in [2.05, 4.69) is 4.98 Å². The predicted octanol–water partition coefficient (Wildman–Crippen LogP) is 1.43. The van der Waals surface area contributed by atoms with Gasteiger partial charge in [0.1, 0.15) is 11.4 Å². The summed E-state index contributed by atoms with van der Waals surface area (Å²) in [5, 5.41) is 9.15. The van der Waals surface area contributed by atoms with Crippen molar-refractivity contribution < 1.29 is 18.7 Å². The summed E-state index contributed by atoms with van der Waals surface area (Å²) >= 11 is 1.49. The molecule has 0 aliphatic rings. The van der Waals surface area contributed by atoms with Crippen LogP contribution in [-0.2, 0) is 0 Å². The molecule has 0 saturated carbocycles. The third-order valence-electron chi connectivity index (χ3n) is 1.48. The number of pyridine rings is 1. The summed E-state index contributed by atoms with van der Waals surface area (Å²) in [5.74, 6) is -1.46. The molecular weight excluding hydrogens is 309 g/mol. The van der Waals surface area contributed by atoms with E-state index in [1.165, 1.54) is 22.6 Å². The number of alkyl halides is 2. The van der Waals surface area contributed by atoms with Crippen molar-refractivity contribution in [2.45, 2.75) is 6.43 Å². The average Bonchev–Trinajstić information content (AvgIpc) is 2.02. The van der Waals surface area contributed by atoms with Crippen LogP contribution in [-0.4, -0.2) is 16.0 Å². The topological polar surface area (TPSA) is 76.2 Å². The summed E-state index contributed by atoms with van der Waals surface area (Å²) in [4.78, 5) is 14.1. The Bertz CT molecular complexity index is 384. The van der Waals surface area contributed by atoms with Gasteiger partial charge in [0.15, 0.2) is 0 Å². The molecule has 0 spiro atoms. The number of nitrogens with zero attached hydrogens (tertiary/aromatic N) is 1. The maximum absolute atomic E-state index is 12.3. The second-order valence-electron chi connectivity index (χ2n) is 2.38. The molecule has 0 aromatic carbocycles. The van der Waals surface area contributed by atoms with Crippen molar-refractivity contribution in [3.8, 4) is 5.75 Å². The van der Waals surface area contributed by atoms with E-state index in [0.29, 0.717) is 0 Å². The molecule has 1 aromatic heterocycles. The fourth-order valence-corrected chi connectivity index (χ4v) is 1.80. The third kappa shape index (κ3) is 1.91. The average molecular weight is 314 g/mol. The van der Waals surface area contributed by atoms with E-state index in [1.807, 2.05) is 0 Å². The fraction of sp³-hybridized carbons (Fsp3) is 0.143. The van der Waals surface area contributed by atoms with Crippen LogP contribution in [0.1, 0.15) is 22.5 Å². The lowest BCUT2D eigenvalue weighted by atomic mass is 10.2. The Morgan fingerprint density at radius 2 is 2.21 bits per heavy atom. The molecule has 0 aliphatic carbocycles. The number of primary amides is 1. The second kappa shape index (κ2) is 4.03. The zero-order valence-corrected chi connectivity index (χ0v) is 8.83. The standard InChI is InChI=1S/C7H5F2IN2O2/c8-6(9)5-4(10)3(7(11)14)2(13)1-12-5/h1,6,13H,(H2,11,14). The number of rotatable bonds is 2. The number of hydrogen-bond acceptors (Lipinski definition) is 3. The SMILES string of the molecule is NC(=O)c1c(O)cnc(C(F)F)c1I. The maximum Gasteiger partial charge on any atom is 0.281 e. The van der Waals surface area contributed by atoms with Crippen molar-refractivity contribution in [1.29, 1.82) is 0 Å². The van der Waals surface area contributed by atoms with Crippen molar-refractivity contribution in [2.75, 3.05) is 0 Å². The van der Waals surface area contributed by atoms with Crippen LogP contribution in [0.3, 0.4) is 0 Å². The van der Waals surface area contributed by atoms with E-state index >= 15 is 0 Å². The summed E-state index contributed by atoms with van der Waals surface area (Å²) in [6.45, 7) is 0. The smallest absolute Gasteiger partial charge is 0.281 e. The highest BCUT2D eigenvalue weighted by Crippen LogP contribution is 2.29. The molecule has 1 rings (SSSR count). The molecule has 14 heavy (non-hydrogen) atoms. The molecule has 0 atom stereocenters. The normalized spacial score (nSPS) is 10.6. The van der Waals surface area contributed by atoms with Crippen LogP contribution in [0.4, 0.5) is 8.78 Å². The zero-order chi connectivity index (χ0) is 10.9. The minimum Gasteiger partial charge on any atom is -0.505 e. The first kappa shape index (κ1) is 11.1. The van der Waals surface area contributed by atoms with Gasteiger partial charge in [0, 0.05) is 0 Å². The van der Waals surface area contributed by atoms with E-state index in [4.69, 9.17) is 10.8 Å². The minimum absolute atomic E-state index is 0.120. The molecule has 4 nitrogen and oxygen atoms in total. The molecule has 1 aromatic rings. The van der Waals surface area contributed by atoms with Gasteiger partial charge in [-0.15, -0.1) is 0 Å². The van der Waals surface area contributed by atoms with E-state index in [-0.39, 0.29) is 9.13 Å². The number of hydrogen-bond donors (Lipinski definition) is 2. The highest BCUT2D eigenvalue weighted by atomic mass is 127. The van der Waals surface area contributed by atoms with Gasteiger partial charge in [-0.05, 0) is 22.6 Å². The summed E-state index contributed by atoms with van der Waals surface area (Å²) in [6.07, 6.45) is -2.02. The summed E-state index contributed by atoms with van der Waals surface area (Å²) < 4.78 is 24.5. The quantitative estimate of drug-likeness (QED) is 0.811. The monoisotopic (exact) mass is 314 g/mol. The lowest BCUT2D eigenvalue weighted by Gasteiger charge is -2.07. The first-order valence-corrected chi connectivity index (χ1v) is 4.48. The minimum atomic E-state index is -2.81. The molecule has 7 heteroatoms. The van der Waals surface area contributed by atoms with Crippen LogP contribution in [0.15, 0.2) is 6.20 Å². The fourth-order valence-electron chi connectivity index (χ4n) is 0.879. The van der Waals surface area contributed by atoms with Gasteiger partial charge in [-0.25, -0.2) is 8.78 Å². The Kier molecular flexibility index (Phi) is 3.19. The summed E-state index contributed by atoms with van der Waals surface area (Å²) in [6, 6.07) is 0. The Hall–Kier alpha value is -0.990. The number of nitrogens with two attached hydrogens (primary N) is 1. The Morgan fingerprint density at radius 3 is 2.64 bits per heavy atom. The molecule has 76 valence electrons. The second-order valence-corrected chi connectivity index (χ2v) is 3.46. The van der Waals surface area contributed by atoms with Crippen molar-refractivity contribution >= 4 is 28.5 Å². The Balaban J connectivity index is 3.41. The number of carbonyl (C=O) groups excluding carboxylic acids is 1. The van der Waals surface area contributed by atoms with Gasteiger partial charge < -0.3 is 10.8 Å². The molecule has 0 aliphatic heterocycles. The molecule has 0 unspecified atom stereocenters. The highest BCUT2D eigenvalue weighted by molar-refractivity contribution is 14.1. The van der Waals surface area contributed by atoms with E-state index < -0.39 is 23.8 Å². The van der Waals surface area contributed by atoms with E-state index in [1.54, 1.807) is 0 Å². The number of halogens is 3. The van der Waals surface area contributed by atoms with Gasteiger partial charge in [0.2, 0.25) is 0 Å². The molecule has 0 fully saturated rings. The molecule has 1 heterocycles. The molecule has 3 N–H and O–H groups in total. The molecular formula is C7H5F2IN2O2. The lowest BCUT2D eigenvalue weighted by molar-refractivity contribution is 0.0995. The molecule has 1 amide bonds. The third-order valence-corrected chi connectivity index (χ3v) is 2.57. The molecule has 0 radical (unpaired) electrons. The highest BCUT2D eigenvalue weighted by Gasteiger charge is 2.21. The van der Waals surface area contributed by atoms with Crippen molar-refractivity contribution in [3.05, 3.63) is 21.0 Å². The Morgan fingerprint density at radius 1 is 1.64 bits per heavy atom. The van der Waals surface area contributed by atoms with Crippen LogP contribution in [0.2, 0.25) is 0 Å². The van der Waals surface area contributed by atoms with Crippen molar-refractivity contribution in [3.63, 3.8) is 0 Å². The van der Waals surface area contributed by atoms with Crippen LogP contribution < -0.4 is 5.73 Å². The first-order valence-electron chi connectivity index (χ1n) is 3.40. The van der Waals surface area contributed by atoms with E-state index in [0.717, 1.165) is 6.20 Å². The van der Waals surface area contributed by atoms with Gasteiger partial charge in [0.25, 0.3) is 12.3 Å². The number of carbonyl (C=O) groups is 1. The van der Waals surface area contributed by atoms with Crippen LogP contribution in [0.25, 0.3) is 0 Å². The van der Waals surface area contributed by atoms with Crippen LogP contribution in [0, 0.1) is 3.57 Å². The number of amides is 1. The van der Waals surface area contributed by atoms with Crippen LogP contribution >= 0.6 is 22.6 Å². The van der Waals surface area contributed by atoms with Gasteiger partial charge in [0.05, 0.1) is 15.3 Å². The van der Waals surface area contributed by atoms with Gasteiger partial charge >= 0.3 is 0 Å². The summed E-state index contributed by atoms with van der Waals surface area (Å²) in [5.41, 5.74) is 4.03. The van der Waals surface area contributed by atoms with Crippen molar-refractivity contribution in [1.82, 2.24) is 4.98 Å². The lowest BCUT2D eigenvalue weighted by Crippen LogP contribution is -2.15. The van der Waals surface area contributed by atoms with Crippen LogP contribution in [0.5, 0.6) is 5.75 Å². The maximum atomic E-state index is 12.3. The van der Waals surface area contributed by atoms with Crippen molar-refractivity contribution in [2.24, 2.45) is 5.73 Å². The van der Waals surface area contributed by atoms with Gasteiger partial charge in [-0.1, -0.05) is 0 Å². The summed E-state index contributed by atoms with van der Waals surface area (Å²) in [7, 11) is 0. The first-order chi connectivity index (χ1) is 6.45. The Labute approximate surface area is 91.3 Å². The predicted molar refractivity (Wildman–Crippen MR) is 52.1 cm³/mol.